The molecule has 4 heteroatoms. The van der Waals surface area contributed by atoms with Crippen molar-refractivity contribution in [2.24, 2.45) is 0 Å². The van der Waals surface area contributed by atoms with Gasteiger partial charge in [-0.05, 0) is 37.5 Å². The molecule has 0 aliphatic carbocycles. The molecule has 0 bridgehead atoms. The number of hydrogen-bond donors (Lipinski definition) is 1. The summed E-state index contributed by atoms with van der Waals surface area (Å²) in [7, 11) is 0. The summed E-state index contributed by atoms with van der Waals surface area (Å²) in [6.07, 6.45) is 0. The normalized spacial score (nSPS) is 10.4. The van der Waals surface area contributed by atoms with Crippen LogP contribution in [0.5, 0.6) is 0 Å². The molecule has 4 nitrogen and oxygen atoms in total. The van der Waals surface area contributed by atoms with Gasteiger partial charge in [-0.1, -0.05) is 26.0 Å². The quantitative estimate of drug-likeness (QED) is 0.867. The molecule has 0 atom stereocenters. The molecule has 1 aromatic carbocycles. The smallest absolute Gasteiger partial charge is 0.254 e. The fourth-order valence-corrected chi connectivity index (χ4v) is 1.95. The highest BCUT2D eigenvalue weighted by Gasteiger charge is 2.17. The van der Waals surface area contributed by atoms with Crippen molar-refractivity contribution in [2.75, 3.05) is 19.6 Å². The lowest BCUT2D eigenvalue weighted by Gasteiger charge is -2.20. The third kappa shape index (κ3) is 4.37. The number of carbonyl (C=O) groups is 2. The molecule has 2 amide bonds. The topological polar surface area (TPSA) is 49.4 Å². The van der Waals surface area contributed by atoms with Crippen LogP contribution in [0.4, 0.5) is 0 Å². The second-order valence-corrected chi connectivity index (χ2v) is 5.05. The molecule has 0 aliphatic heterocycles. The summed E-state index contributed by atoms with van der Waals surface area (Å²) >= 11 is 0. The summed E-state index contributed by atoms with van der Waals surface area (Å²) in [4.78, 5) is 25.5. The van der Waals surface area contributed by atoms with Gasteiger partial charge < -0.3 is 10.2 Å². The summed E-state index contributed by atoms with van der Waals surface area (Å²) in [5.74, 6) is 0.215. The summed E-state index contributed by atoms with van der Waals surface area (Å²) in [5.41, 5.74) is 1.83. The zero-order chi connectivity index (χ0) is 15.1. The van der Waals surface area contributed by atoms with E-state index in [-0.39, 0.29) is 18.4 Å². The van der Waals surface area contributed by atoms with E-state index >= 15 is 0 Å². The second-order valence-electron chi connectivity index (χ2n) is 5.05. The third-order valence-corrected chi connectivity index (χ3v) is 3.20. The molecule has 0 fully saturated rings. The van der Waals surface area contributed by atoms with Crippen LogP contribution in [-0.2, 0) is 4.79 Å². The van der Waals surface area contributed by atoms with E-state index in [0.717, 1.165) is 0 Å². The Morgan fingerprint density at radius 1 is 1.15 bits per heavy atom. The molecule has 0 heterocycles. The summed E-state index contributed by atoms with van der Waals surface area (Å²) < 4.78 is 0. The van der Waals surface area contributed by atoms with Crippen LogP contribution >= 0.6 is 0 Å². The van der Waals surface area contributed by atoms with Crippen LogP contribution in [0, 0.1) is 0 Å². The average Bonchev–Trinajstić information content (AvgIpc) is 2.44. The highest BCUT2D eigenvalue weighted by atomic mass is 16.2. The Labute approximate surface area is 121 Å². The van der Waals surface area contributed by atoms with Gasteiger partial charge in [0.15, 0.2) is 0 Å². The minimum absolute atomic E-state index is 0.103. The number of benzene rings is 1. The summed E-state index contributed by atoms with van der Waals surface area (Å²) in [6.45, 7) is 9.17. The fraction of sp³-hybridized carbons (Fsp3) is 0.500. The Morgan fingerprint density at radius 3 is 2.20 bits per heavy atom. The molecule has 1 N–H and O–H groups in total. The number of nitrogens with one attached hydrogen (secondary N) is 1. The van der Waals surface area contributed by atoms with Gasteiger partial charge in [-0.3, -0.25) is 9.59 Å². The van der Waals surface area contributed by atoms with Crippen LogP contribution in [0.1, 0.15) is 49.5 Å². The van der Waals surface area contributed by atoms with Gasteiger partial charge in [0.1, 0.15) is 0 Å². The van der Waals surface area contributed by atoms with Crippen LogP contribution in [0.15, 0.2) is 24.3 Å². The first kappa shape index (κ1) is 16.2. The van der Waals surface area contributed by atoms with E-state index in [0.29, 0.717) is 24.6 Å². The predicted molar refractivity (Wildman–Crippen MR) is 80.8 cm³/mol. The van der Waals surface area contributed by atoms with Crippen LogP contribution in [0.25, 0.3) is 0 Å². The molecule has 0 radical (unpaired) electrons. The molecule has 0 aliphatic rings. The number of amides is 2. The Kier molecular flexibility index (Phi) is 6.22. The summed E-state index contributed by atoms with van der Waals surface area (Å²) in [6, 6.07) is 7.60. The van der Waals surface area contributed by atoms with Crippen molar-refractivity contribution in [1.82, 2.24) is 10.2 Å². The zero-order valence-corrected chi connectivity index (χ0v) is 12.8. The van der Waals surface area contributed by atoms with Gasteiger partial charge in [-0.2, -0.15) is 0 Å². The van der Waals surface area contributed by atoms with Gasteiger partial charge in [-0.15, -0.1) is 0 Å². The van der Waals surface area contributed by atoms with Crippen LogP contribution < -0.4 is 5.32 Å². The minimum Gasteiger partial charge on any atom is -0.355 e. The summed E-state index contributed by atoms with van der Waals surface area (Å²) in [5, 5.41) is 2.71. The lowest BCUT2D eigenvalue weighted by Crippen LogP contribution is -2.40. The first-order chi connectivity index (χ1) is 9.49. The predicted octanol–water partition coefficient (Wildman–Crippen LogP) is 2.41. The first-order valence-electron chi connectivity index (χ1n) is 7.15. The van der Waals surface area contributed by atoms with Gasteiger partial charge in [0.25, 0.3) is 5.91 Å². The Balaban J connectivity index is 2.77. The Hall–Kier alpha value is -1.84. The molecular formula is C16H24N2O2. The maximum atomic E-state index is 12.3. The van der Waals surface area contributed by atoms with Gasteiger partial charge in [-0.25, -0.2) is 0 Å². The molecular weight excluding hydrogens is 252 g/mol. The van der Waals surface area contributed by atoms with Gasteiger partial charge in [0, 0.05) is 18.7 Å². The number of nitrogens with zero attached hydrogens (tertiary/aromatic N) is 1. The van der Waals surface area contributed by atoms with E-state index in [1.54, 1.807) is 4.90 Å². The lowest BCUT2D eigenvalue weighted by atomic mass is 10.0. The molecule has 20 heavy (non-hydrogen) atoms. The lowest BCUT2D eigenvalue weighted by molar-refractivity contribution is -0.121. The molecule has 0 aromatic heterocycles. The maximum absolute atomic E-state index is 12.3. The van der Waals surface area contributed by atoms with E-state index in [9.17, 15) is 9.59 Å². The zero-order valence-electron chi connectivity index (χ0n) is 12.8. The molecule has 110 valence electrons. The van der Waals surface area contributed by atoms with Crippen molar-refractivity contribution in [3.63, 3.8) is 0 Å². The third-order valence-electron chi connectivity index (χ3n) is 3.20. The second kappa shape index (κ2) is 7.68. The highest BCUT2D eigenvalue weighted by molar-refractivity contribution is 5.96. The van der Waals surface area contributed by atoms with E-state index in [4.69, 9.17) is 0 Å². The average molecular weight is 276 g/mol. The van der Waals surface area contributed by atoms with Gasteiger partial charge in [0.05, 0.1) is 6.54 Å². The van der Waals surface area contributed by atoms with Crippen molar-refractivity contribution in [1.29, 1.82) is 0 Å². The van der Waals surface area contributed by atoms with E-state index < -0.39 is 0 Å². The van der Waals surface area contributed by atoms with E-state index in [1.165, 1.54) is 5.56 Å². The Bertz CT molecular complexity index is 452. The monoisotopic (exact) mass is 276 g/mol. The van der Waals surface area contributed by atoms with E-state index in [1.807, 2.05) is 38.1 Å². The van der Waals surface area contributed by atoms with Crippen molar-refractivity contribution in [2.45, 2.75) is 33.6 Å². The van der Waals surface area contributed by atoms with Crippen LogP contribution in [0.2, 0.25) is 0 Å². The fourth-order valence-electron chi connectivity index (χ4n) is 1.95. The highest BCUT2D eigenvalue weighted by Crippen LogP contribution is 2.15. The van der Waals surface area contributed by atoms with Crippen molar-refractivity contribution < 1.29 is 9.59 Å². The largest absolute Gasteiger partial charge is 0.355 e. The molecule has 0 spiro atoms. The number of hydrogen-bond acceptors (Lipinski definition) is 2. The maximum Gasteiger partial charge on any atom is 0.254 e. The molecule has 0 saturated heterocycles. The molecule has 1 rings (SSSR count). The number of likely N-dealkylation sites (N-methyl/N-ethyl adjacent to an activating group) is 2. The first-order valence-corrected chi connectivity index (χ1v) is 7.15. The van der Waals surface area contributed by atoms with Gasteiger partial charge >= 0.3 is 0 Å². The SMILES string of the molecule is CCNC(=O)CN(CC)C(=O)c1ccc(C(C)C)cc1. The number of rotatable bonds is 6. The van der Waals surface area contributed by atoms with Crippen LogP contribution in [-0.4, -0.2) is 36.3 Å². The molecule has 0 unspecified atom stereocenters. The van der Waals surface area contributed by atoms with E-state index in [2.05, 4.69) is 19.2 Å². The van der Waals surface area contributed by atoms with Gasteiger partial charge in [0.2, 0.25) is 5.91 Å². The number of carbonyl (C=O) groups excluding carboxylic acids is 2. The molecule has 0 saturated carbocycles. The van der Waals surface area contributed by atoms with Crippen molar-refractivity contribution in [3.05, 3.63) is 35.4 Å². The van der Waals surface area contributed by atoms with Crippen molar-refractivity contribution in [3.8, 4) is 0 Å². The van der Waals surface area contributed by atoms with Crippen molar-refractivity contribution >= 4 is 11.8 Å². The molecule has 1 aromatic rings. The minimum atomic E-state index is -0.124. The van der Waals surface area contributed by atoms with Crippen LogP contribution in [0.3, 0.4) is 0 Å². The Morgan fingerprint density at radius 2 is 1.75 bits per heavy atom. The standard InChI is InChI=1S/C16H24N2O2/c1-5-17-15(19)11-18(6-2)16(20)14-9-7-13(8-10-14)12(3)4/h7-10,12H,5-6,11H2,1-4H3,(H,17,19).